The maximum absolute atomic E-state index is 12.1. The quantitative estimate of drug-likeness (QED) is 0.790. The average Bonchev–Trinajstić information content (AvgIpc) is 2.42. The third-order valence-electron chi connectivity index (χ3n) is 4.06. The van der Waals surface area contributed by atoms with Crippen molar-refractivity contribution in [2.75, 3.05) is 20.3 Å². The zero-order valence-electron chi connectivity index (χ0n) is 11.6. The topological polar surface area (TPSA) is 64.3 Å². The highest BCUT2D eigenvalue weighted by Crippen LogP contribution is 2.40. The van der Waals surface area contributed by atoms with Gasteiger partial charge in [0.15, 0.2) is 0 Å². The van der Waals surface area contributed by atoms with Crippen molar-refractivity contribution >= 4 is 5.91 Å². The first kappa shape index (κ1) is 14.0. The molecule has 1 aromatic carbocycles. The Hall–Kier alpha value is -1.39. The SMILES string of the molecule is COCCNC1(C(N)=O)CCC(C)c2ccccc21. The molecule has 0 aliphatic heterocycles. The molecule has 4 heteroatoms. The van der Waals surface area contributed by atoms with Gasteiger partial charge in [-0.3, -0.25) is 10.1 Å². The maximum atomic E-state index is 12.1. The summed E-state index contributed by atoms with van der Waals surface area (Å²) in [6.45, 7) is 3.37. The smallest absolute Gasteiger partial charge is 0.242 e. The minimum absolute atomic E-state index is 0.303. The third-order valence-corrected chi connectivity index (χ3v) is 4.06. The maximum Gasteiger partial charge on any atom is 0.242 e. The van der Waals surface area contributed by atoms with Gasteiger partial charge in [-0.2, -0.15) is 0 Å². The van der Waals surface area contributed by atoms with Gasteiger partial charge in [-0.15, -0.1) is 0 Å². The van der Waals surface area contributed by atoms with E-state index in [4.69, 9.17) is 10.5 Å². The largest absolute Gasteiger partial charge is 0.383 e. The number of methoxy groups -OCH3 is 1. The monoisotopic (exact) mass is 262 g/mol. The number of fused-ring (bicyclic) bond motifs is 1. The molecule has 0 bridgehead atoms. The summed E-state index contributed by atoms with van der Waals surface area (Å²) < 4.78 is 5.05. The Morgan fingerprint density at radius 1 is 1.53 bits per heavy atom. The molecule has 2 rings (SSSR count). The van der Waals surface area contributed by atoms with E-state index in [1.54, 1.807) is 7.11 Å². The van der Waals surface area contributed by atoms with E-state index in [1.807, 2.05) is 18.2 Å². The minimum Gasteiger partial charge on any atom is -0.383 e. The zero-order valence-corrected chi connectivity index (χ0v) is 11.6. The molecule has 0 fully saturated rings. The van der Waals surface area contributed by atoms with Crippen molar-refractivity contribution < 1.29 is 9.53 Å². The fraction of sp³-hybridized carbons (Fsp3) is 0.533. The lowest BCUT2D eigenvalue weighted by Gasteiger charge is -2.39. The number of nitrogens with one attached hydrogen (secondary N) is 1. The summed E-state index contributed by atoms with van der Waals surface area (Å²) in [5.74, 6) is 0.163. The molecule has 0 aromatic heterocycles. The van der Waals surface area contributed by atoms with E-state index in [9.17, 15) is 4.79 Å². The van der Waals surface area contributed by atoms with Gasteiger partial charge >= 0.3 is 0 Å². The number of carbonyl (C=O) groups excluding carboxylic acids is 1. The Balaban J connectivity index is 2.39. The van der Waals surface area contributed by atoms with Crippen LogP contribution >= 0.6 is 0 Å². The van der Waals surface area contributed by atoms with Crippen molar-refractivity contribution in [2.24, 2.45) is 5.73 Å². The van der Waals surface area contributed by atoms with Crippen molar-refractivity contribution in [3.8, 4) is 0 Å². The number of hydrogen-bond donors (Lipinski definition) is 2. The van der Waals surface area contributed by atoms with E-state index in [2.05, 4.69) is 18.3 Å². The van der Waals surface area contributed by atoms with Gasteiger partial charge in [0.25, 0.3) is 0 Å². The van der Waals surface area contributed by atoms with E-state index in [1.165, 1.54) is 5.56 Å². The number of amides is 1. The van der Waals surface area contributed by atoms with Gasteiger partial charge in [0.2, 0.25) is 5.91 Å². The van der Waals surface area contributed by atoms with Crippen molar-refractivity contribution in [2.45, 2.75) is 31.2 Å². The van der Waals surface area contributed by atoms with Crippen molar-refractivity contribution in [1.82, 2.24) is 5.32 Å². The highest BCUT2D eigenvalue weighted by Gasteiger charge is 2.42. The predicted octanol–water partition coefficient (Wildman–Crippen LogP) is 1.50. The molecule has 1 amide bonds. The van der Waals surface area contributed by atoms with Crippen LogP contribution in [-0.4, -0.2) is 26.2 Å². The highest BCUT2D eigenvalue weighted by molar-refractivity contribution is 5.87. The molecule has 1 aliphatic rings. The van der Waals surface area contributed by atoms with Gasteiger partial charge in [0.1, 0.15) is 5.54 Å². The number of benzene rings is 1. The van der Waals surface area contributed by atoms with Crippen LogP contribution in [-0.2, 0) is 15.1 Å². The number of ether oxygens (including phenoxy) is 1. The van der Waals surface area contributed by atoms with Gasteiger partial charge in [-0.1, -0.05) is 31.2 Å². The Bertz CT molecular complexity index is 461. The van der Waals surface area contributed by atoms with Gasteiger partial charge in [-0.25, -0.2) is 0 Å². The van der Waals surface area contributed by atoms with Gasteiger partial charge in [-0.05, 0) is 29.9 Å². The first-order chi connectivity index (χ1) is 9.12. The lowest BCUT2D eigenvalue weighted by atomic mass is 9.72. The predicted molar refractivity (Wildman–Crippen MR) is 74.8 cm³/mol. The normalized spacial score (nSPS) is 25.9. The molecule has 0 saturated carbocycles. The van der Waals surface area contributed by atoms with E-state index in [0.29, 0.717) is 19.1 Å². The number of primary amides is 1. The standard InChI is InChI=1S/C15H22N2O2/c1-11-7-8-15(14(16)18,17-9-10-19-2)13-6-4-3-5-12(11)13/h3-6,11,17H,7-10H2,1-2H3,(H2,16,18). The average molecular weight is 262 g/mol. The van der Waals surface area contributed by atoms with Crippen LogP contribution in [0.25, 0.3) is 0 Å². The zero-order chi connectivity index (χ0) is 13.9. The second kappa shape index (κ2) is 5.72. The molecular weight excluding hydrogens is 240 g/mol. The molecule has 0 heterocycles. The van der Waals surface area contributed by atoms with E-state index in [0.717, 1.165) is 18.4 Å². The van der Waals surface area contributed by atoms with Gasteiger partial charge in [0, 0.05) is 13.7 Å². The first-order valence-corrected chi connectivity index (χ1v) is 6.75. The van der Waals surface area contributed by atoms with E-state index >= 15 is 0 Å². The summed E-state index contributed by atoms with van der Waals surface area (Å²) in [4.78, 5) is 12.1. The van der Waals surface area contributed by atoms with Crippen LogP contribution in [0.4, 0.5) is 0 Å². The molecule has 19 heavy (non-hydrogen) atoms. The van der Waals surface area contributed by atoms with E-state index < -0.39 is 5.54 Å². The van der Waals surface area contributed by atoms with Crippen LogP contribution in [0, 0.1) is 0 Å². The second-order valence-corrected chi connectivity index (χ2v) is 5.22. The molecular formula is C15H22N2O2. The van der Waals surface area contributed by atoms with Gasteiger partial charge < -0.3 is 10.5 Å². The van der Waals surface area contributed by atoms with Crippen LogP contribution in [0.3, 0.4) is 0 Å². The summed E-state index contributed by atoms with van der Waals surface area (Å²) in [7, 11) is 1.65. The minimum atomic E-state index is -0.748. The summed E-state index contributed by atoms with van der Waals surface area (Å²) in [5, 5.41) is 3.31. The summed E-state index contributed by atoms with van der Waals surface area (Å²) in [6, 6.07) is 8.08. The Kier molecular flexibility index (Phi) is 4.22. The summed E-state index contributed by atoms with van der Waals surface area (Å²) >= 11 is 0. The molecule has 4 nitrogen and oxygen atoms in total. The van der Waals surface area contributed by atoms with Crippen molar-refractivity contribution in [1.29, 1.82) is 0 Å². The molecule has 0 radical (unpaired) electrons. The number of nitrogens with two attached hydrogens (primary N) is 1. The summed E-state index contributed by atoms with van der Waals surface area (Å²) in [6.07, 6.45) is 1.70. The molecule has 3 N–H and O–H groups in total. The van der Waals surface area contributed by atoms with Crippen LogP contribution in [0.2, 0.25) is 0 Å². The van der Waals surface area contributed by atoms with Crippen LogP contribution in [0.1, 0.15) is 36.8 Å². The fourth-order valence-electron chi connectivity index (χ4n) is 2.93. The second-order valence-electron chi connectivity index (χ2n) is 5.22. The number of carbonyl (C=O) groups is 1. The molecule has 1 aromatic rings. The third kappa shape index (κ3) is 2.51. The number of hydrogen-bond acceptors (Lipinski definition) is 3. The molecule has 2 atom stereocenters. The van der Waals surface area contributed by atoms with Crippen LogP contribution in [0.15, 0.2) is 24.3 Å². The van der Waals surface area contributed by atoms with Crippen molar-refractivity contribution in [3.05, 3.63) is 35.4 Å². The molecule has 104 valence electrons. The van der Waals surface area contributed by atoms with Crippen molar-refractivity contribution in [3.63, 3.8) is 0 Å². The Labute approximate surface area is 114 Å². The molecule has 0 spiro atoms. The Morgan fingerprint density at radius 3 is 2.95 bits per heavy atom. The molecule has 1 aliphatic carbocycles. The fourth-order valence-corrected chi connectivity index (χ4v) is 2.93. The van der Waals surface area contributed by atoms with Crippen LogP contribution in [0.5, 0.6) is 0 Å². The van der Waals surface area contributed by atoms with Gasteiger partial charge in [0.05, 0.1) is 6.61 Å². The van der Waals surface area contributed by atoms with Crippen LogP contribution < -0.4 is 11.1 Å². The molecule has 2 unspecified atom stereocenters. The summed E-state index contributed by atoms with van der Waals surface area (Å²) in [5.41, 5.74) is 7.20. The number of rotatable bonds is 5. The first-order valence-electron chi connectivity index (χ1n) is 6.75. The molecule has 0 saturated heterocycles. The lowest BCUT2D eigenvalue weighted by Crippen LogP contribution is -2.55. The highest BCUT2D eigenvalue weighted by atomic mass is 16.5. The Morgan fingerprint density at radius 2 is 2.26 bits per heavy atom. The van der Waals surface area contributed by atoms with E-state index in [-0.39, 0.29) is 5.91 Å². The lowest BCUT2D eigenvalue weighted by molar-refractivity contribution is -0.125.